The van der Waals surface area contributed by atoms with Crippen molar-refractivity contribution in [3.8, 4) is 11.5 Å². The molecule has 0 spiro atoms. The van der Waals surface area contributed by atoms with Crippen molar-refractivity contribution < 1.29 is 19.1 Å². The third kappa shape index (κ3) is 4.53. The van der Waals surface area contributed by atoms with Crippen LogP contribution in [0.5, 0.6) is 11.5 Å². The maximum absolute atomic E-state index is 12.8. The van der Waals surface area contributed by atoms with E-state index in [1.807, 2.05) is 18.2 Å². The van der Waals surface area contributed by atoms with Crippen molar-refractivity contribution in [2.75, 3.05) is 18.5 Å². The van der Waals surface area contributed by atoms with Crippen LogP contribution in [-0.4, -0.2) is 25.0 Å². The van der Waals surface area contributed by atoms with Crippen LogP contribution in [0.2, 0.25) is 0 Å². The van der Waals surface area contributed by atoms with Gasteiger partial charge >= 0.3 is 0 Å². The third-order valence-electron chi connectivity index (χ3n) is 5.24. The average molecular weight is 394 g/mol. The Bertz CT molecular complexity index is 904. The van der Waals surface area contributed by atoms with Crippen molar-refractivity contribution in [2.24, 2.45) is 11.8 Å². The molecule has 1 saturated carbocycles. The van der Waals surface area contributed by atoms with E-state index in [9.17, 15) is 9.59 Å². The SMILES string of the molecule is CC(C)C(NC(=O)c1ccc(NC(=O)C2CC2)cc1)c1ccc2c(c1)OCCO2. The maximum atomic E-state index is 12.8. The molecule has 2 aromatic carbocycles. The van der Waals surface area contributed by atoms with Gasteiger partial charge in [0, 0.05) is 17.2 Å². The van der Waals surface area contributed by atoms with E-state index in [0.29, 0.717) is 30.2 Å². The molecule has 1 aliphatic heterocycles. The Hall–Kier alpha value is -3.02. The highest BCUT2D eigenvalue weighted by molar-refractivity contribution is 5.97. The number of hydrogen-bond donors (Lipinski definition) is 2. The fourth-order valence-corrected chi connectivity index (χ4v) is 3.41. The van der Waals surface area contributed by atoms with Crippen molar-refractivity contribution in [1.82, 2.24) is 5.32 Å². The molecule has 29 heavy (non-hydrogen) atoms. The lowest BCUT2D eigenvalue weighted by Gasteiger charge is -2.25. The number of nitrogens with one attached hydrogen (secondary N) is 2. The lowest BCUT2D eigenvalue weighted by molar-refractivity contribution is -0.117. The maximum Gasteiger partial charge on any atom is 0.251 e. The highest BCUT2D eigenvalue weighted by atomic mass is 16.6. The van der Waals surface area contributed by atoms with Crippen molar-refractivity contribution in [3.05, 3.63) is 53.6 Å². The van der Waals surface area contributed by atoms with Gasteiger partial charge in [-0.25, -0.2) is 0 Å². The van der Waals surface area contributed by atoms with Crippen LogP contribution in [0.3, 0.4) is 0 Å². The summed E-state index contributed by atoms with van der Waals surface area (Å²) < 4.78 is 11.3. The van der Waals surface area contributed by atoms with E-state index in [-0.39, 0.29) is 29.7 Å². The topological polar surface area (TPSA) is 76.7 Å². The van der Waals surface area contributed by atoms with Gasteiger partial charge in [-0.1, -0.05) is 19.9 Å². The van der Waals surface area contributed by atoms with Crippen LogP contribution in [0.25, 0.3) is 0 Å². The zero-order valence-electron chi connectivity index (χ0n) is 16.7. The Labute approximate surface area is 170 Å². The summed E-state index contributed by atoms with van der Waals surface area (Å²) in [6.07, 6.45) is 1.92. The Kier molecular flexibility index (Phi) is 5.43. The second-order valence-corrected chi connectivity index (χ2v) is 7.94. The van der Waals surface area contributed by atoms with Crippen LogP contribution in [0.15, 0.2) is 42.5 Å². The minimum absolute atomic E-state index is 0.0562. The molecule has 1 aliphatic carbocycles. The fourth-order valence-electron chi connectivity index (χ4n) is 3.41. The smallest absolute Gasteiger partial charge is 0.251 e. The predicted octanol–water partition coefficient (Wildman–Crippen LogP) is 3.93. The van der Waals surface area contributed by atoms with Gasteiger partial charge in [0.25, 0.3) is 5.91 Å². The molecule has 1 atom stereocenters. The molecular weight excluding hydrogens is 368 g/mol. The number of carbonyl (C=O) groups is 2. The van der Waals surface area contributed by atoms with E-state index in [2.05, 4.69) is 24.5 Å². The van der Waals surface area contributed by atoms with Gasteiger partial charge in [-0.3, -0.25) is 9.59 Å². The van der Waals surface area contributed by atoms with Crippen LogP contribution in [-0.2, 0) is 4.79 Å². The molecule has 152 valence electrons. The molecule has 1 unspecified atom stereocenters. The van der Waals surface area contributed by atoms with Crippen molar-refractivity contribution in [3.63, 3.8) is 0 Å². The largest absolute Gasteiger partial charge is 0.486 e. The average Bonchev–Trinajstić information content (AvgIpc) is 3.57. The molecule has 2 aromatic rings. The fraction of sp³-hybridized carbons (Fsp3) is 0.391. The number of amides is 2. The first-order valence-corrected chi connectivity index (χ1v) is 10.1. The first-order chi connectivity index (χ1) is 14.0. The lowest BCUT2D eigenvalue weighted by Crippen LogP contribution is -2.32. The standard InChI is InChI=1S/C23H26N2O4/c1-14(2)21(17-7-10-19-20(13-17)29-12-11-28-19)25-23(27)16-5-8-18(9-6-16)24-22(26)15-3-4-15/h5-10,13-15,21H,3-4,11-12H2,1-2H3,(H,24,26)(H,25,27). The zero-order valence-corrected chi connectivity index (χ0v) is 16.7. The Balaban J connectivity index is 1.45. The van der Waals surface area contributed by atoms with Crippen molar-refractivity contribution >= 4 is 17.5 Å². The van der Waals surface area contributed by atoms with Gasteiger partial charge in [-0.2, -0.15) is 0 Å². The van der Waals surface area contributed by atoms with Crippen molar-refractivity contribution in [1.29, 1.82) is 0 Å². The molecule has 0 bridgehead atoms. The summed E-state index contributed by atoms with van der Waals surface area (Å²) in [5.41, 5.74) is 2.24. The van der Waals surface area contributed by atoms with Gasteiger partial charge in [0.1, 0.15) is 13.2 Å². The van der Waals surface area contributed by atoms with E-state index in [0.717, 1.165) is 24.2 Å². The van der Waals surface area contributed by atoms with Gasteiger partial charge in [-0.05, 0) is 60.7 Å². The number of anilines is 1. The highest BCUT2D eigenvalue weighted by Gasteiger charge is 2.29. The molecule has 2 aliphatic rings. The number of fused-ring (bicyclic) bond motifs is 1. The van der Waals surface area contributed by atoms with E-state index in [1.54, 1.807) is 24.3 Å². The summed E-state index contributed by atoms with van der Waals surface area (Å²) in [6, 6.07) is 12.6. The van der Waals surface area contributed by atoms with Gasteiger partial charge in [-0.15, -0.1) is 0 Å². The Morgan fingerprint density at radius 2 is 1.66 bits per heavy atom. The summed E-state index contributed by atoms with van der Waals surface area (Å²) in [5, 5.41) is 6.01. The van der Waals surface area contributed by atoms with Crippen LogP contribution in [0.1, 0.15) is 48.7 Å². The number of ether oxygens (including phenoxy) is 2. The van der Waals surface area contributed by atoms with Crippen LogP contribution in [0, 0.1) is 11.8 Å². The molecule has 6 heteroatoms. The molecule has 0 saturated heterocycles. The molecule has 0 radical (unpaired) electrons. The monoisotopic (exact) mass is 394 g/mol. The molecule has 1 fully saturated rings. The molecular formula is C23H26N2O4. The second-order valence-electron chi connectivity index (χ2n) is 7.94. The molecule has 2 N–H and O–H groups in total. The second kappa shape index (κ2) is 8.15. The molecule has 0 aromatic heterocycles. The van der Waals surface area contributed by atoms with E-state index >= 15 is 0 Å². The summed E-state index contributed by atoms with van der Waals surface area (Å²) in [6.45, 7) is 5.21. The minimum Gasteiger partial charge on any atom is -0.486 e. The van der Waals surface area contributed by atoms with E-state index in [1.165, 1.54) is 0 Å². The summed E-state index contributed by atoms with van der Waals surface area (Å²) in [7, 11) is 0. The summed E-state index contributed by atoms with van der Waals surface area (Å²) >= 11 is 0. The Morgan fingerprint density at radius 3 is 2.31 bits per heavy atom. The number of carbonyl (C=O) groups excluding carboxylic acids is 2. The minimum atomic E-state index is -0.160. The van der Waals surface area contributed by atoms with Gasteiger partial charge in [0.15, 0.2) is 11.5 Å². The van der Waals surface area contributed by atoms with Crippen LogP contribution >= 0.6 is 0 Å². The molecule has 6 nitrogen and oxygen atoms in total. The lowest BCUT2D eigenvalue weighted by atomic mass is 9.95. The van der Waals surface area contributed by atoms with Gasteiger partial charge in [0.05, 0.1) is 6.04 Å². The van der Waals surface area contributed by atoms with Crippen LogP contribution < -0.4 is 20.1 Å². The number of rotatable bonds is 6. The summed E-state index contributed by atoms with van der Waals surface area (Å²) in [4.78, 5) is 24.7. The Morgan fingerprint density at radius 1 is 0.966 bits per heavy atom. The first-order valence-electron chi connectivity index (χ1n) is 10.1. The molecule has 1 heterocycles. The number of benzene rings is 2. The number of hydrogen-bond acceptors (Lipinski definition) is 4. The molecule has 4 rings (SSSR count). The van der Waals surface area contributed by atoms with Crippen LogP contribution in [0.4, 0.5) is 5.69 Å². The zero-order chi connectivity index (χ0) is 20.4. The van der Waals surface area contributed by atoms with E-state index < -0.39 is 0 Å². The quantitative estimate of drug-likeness (QED) is 0.778. The van der Waals surface area contributed by atoms with Gasteiger partial charge < -0.3 is 20.1 Å². The highest BCUT2D eigenvalue weighted by Crippen LogP contribution is 2.34. The summed E-state index contributed by atoms with van der Waals surface area (Å²) in [5.74, 6) is 1.69. The molecule has 2 amide bonds. The van der Waals surface area contributed by atoms with Gasteiger partial charge in [0.2, 0.25) is 5.91 Å². The van der Waals surface area contributed by atoms with Crippen molar-refractivity contribution in [2.45, 2.75) is 32.7 Å². The van der Waals surface area contributed by atoms with E-state index in [4.69, 9.17) is 9.47 Å². The normalized spacial score (nSPS) is 16.2. The first kappa shape index (κ1) is 19.3. The third-order valence-corrected chi connectivity index (χ3v) is 5.24. The predicted molar refractivity (Wildman–Crippen MR) is 110 cm³/mol.